The van der Waals surface area contributed by atoms with Crippen molar-refractivity contribution in [2.45, 2.75) is 26.7 Å². The van der Waals surface area contributed by atoms with Crippen molar-refractivity contribution in [3.05, 3.63) is 204 Å². The Hall–Kier alpha value is -7.10. The molecule has 10 aromatic rings. The molecule has 0 radical (unpaired) electrons. The summed E-state index contributed by atoms with van der Waals surface area (Å²) in [5.41, 5.74) is 19.3. The Kier molecular flexibility index (Phi) is 7.75. The second kappa shape index (κ2) is 13.3. The molecule has 3 heteroatoms. The van der Waals surface area contributed by atoms with E-state index >= 15 is 0 Å². The summed E-state index contributed by atoms with van der Waals surface area (Å²) in [5, 5.41) is 3.85. The summed E-state index contributed by atoms with van der Waals surface area (Å²) in [6, 6.07) is 65.1. The van der Waals surface area contributed by atoms with Crippen LogP contribution in [0.25, 0.3) is 89.5 Å². The number of hydrogen-bond donors (Lipinski definition) is 0. The lowest BCUT2D eigenvalue weighted by Crippen LogP contribution is -2.03. The highest BCUT2D eigenvalue weighted by Crippen LogP contribution is 2.40. The van der Waals surface area contributed by atoms with E-state index in [1.165, 1.54) is 83.2 Å². The lowest BCUT2D eigenvalue weighted by Gasteiger charge is -2.18. The first-order valence-corrected chi connectivity index (χ1v) is 20.0. The van der Waals surface area contributed by atoms with Gasteiger partial charge in [0.15, 0.2) is 0 Å². The van der Waals surface area contributed by atoms with E-state index in [9.17, 15) is 0 Å². The molecular weight excluding hydrogens is 691 g/mol. The van der Waals surface area contributed by atoms with Gasteiger partial charge in [-0.1, -0.05) is 132 Å². The summed E-state index contributed by atoms with van der Waals surface area (Å²) in [6.45, 7) is 4.29. The topological polar surface area (TPSA) is 14.8 Å². The van der Waals surface area contributed by atoms with Crippen molar-refractivity contribution in [1.29, 1.82) is 0 Å². The molecule has 0 saturated heterocycles. The smallest absolute Gasteiger partial charge is 0.0541 e. The van der Waals surface area contributed by atoms with Gasteiger partial charge in [0.2, 0.25) is 0 Å². The summed E-state index contributed by atoms with van der Waals surface area (Å²) in [5.74, 6) is 0. The Labute approximate surface area is 333 Å². The molecule has 0 amide bonds. The fraction of sp³-hybridized carbons (Fsp3) is 0.0741. The molecule has 7 aromatic carbocycles. The Morgan fingerprint density at radius 2 is 0.912 bits per heavy atom. The number of aromatic nitrogens is 3. The molecule has 0 unspecified atom stereocenters. The second-order valence-corrected chi connectivity index (χ2v) is 15.5. The van der Waals surface area contributed by atoms with E-state index in [0.29, 0.717) is 0 Å². The second-order valence-electron chi connectivity index (χ2n) is 15.5. The summed E-state index contributed by atoms with van der Waals surface area (Å²) in [4.78, 5) is 0. The third-order valence-electron chi connectivity index (χ3n) is 11.9. The van der Waals surface area contributed by atoms with Crippen molar-refractivity contribution < 1.29 is 0 Å². The predicted octanol–water partition coefficient (Wildman–Crippen LogP) is 14.1. The first-order valence-electron chi connectivity index (χ1n) is 20.0. The van der Waals surface area contributed by atoms with E-state index in [1.807, 2.05) is 0 Å². The molecule has 11 rings (SSSR count). The van der Waals surface area contributed by atoms with Gasteiger partial charge in [-0.2, -0.15) is 0 Å². The number of fused-ring (bicyclic) bond motifs is 6. The molecule has 0 spiro atoms. The molecule has 1 aliphatic carbocycles. The van der Waals surface area contributed by atoms with Gasteiger partial charge in [-0.25, -0.2) is 0 Å². The highest BCUT2D eigenvalue weighted by Gasteiger charge is 2.21. The Bertz CT molecular complexity index is 3070. The van der Waals surface area contributed by atoms with Crippen LogP contribution in [0.5, 0.6) is 0 Å². The van der Waals surface area contributed by atoms with E-state index in [0.717, 1.165) is 35.5 Å². The lowest BCUT2D eigenvalue weighted by molar-refractivity contribution is 0.967. The predicted molar refractivity (Wildman–Crippen MR) is 240 cm³/mol. The summed E-state index contributed by atoms with van der Waals surface area (Å²) >= 11 is 0. The minimum absolute atomic E-state index is 1.05. The largest absolute Gasteiger partial charge is 0.309 e. The number of rotatable bonds is 6. The van der Waals surface area contributed by atoms with Crippen LogP contribution in [-0.2, 0) is 6.42 Å². The number of nitrogens with zero attached hydrogens (tertiary/aromatic N) is 3. The summed E-state index contributed by atoms with van der Waals surface area (Å²) in [6.07, 6.45) is 6.77. The first-order chi connectivity index (χ1) is 28.1. The average Bonchev–Trinajstić information content (AvgIpc) is 3.95. The Morgan fingerprint density at radius 3 is 1.53 bits per heavy atom. The van der Waals surface area contributed by atoms with Gasteiger partial charge in [-0.05, 0) is 121 Å². The lowest BCUT2D eigenvalue weighted by atomic mass is 10.0. The zero-order chi connectivity index (χ0) is 38.0. The molecule has 3 nitrogen and oxygen atoms in total. The van der Waals surface area contributed by atoms with Crippen LogP contribution in [0.3, 0.4) is 0 Å². The maximum atomic E-state index is 2.49. The quantitative estimate of drug-likeness (QED) is 0.162. The summed E-state index contributed by atoms with van der Waals surface area (Å²) in [7, 11) is 0. The number of benzene rings is 7. The molecule has 0 N–H and O–H groups in total. The molecule has 0 atom stereocenters. The monoisotopic (exact) mass is 731 g/mol. The van der Waals surface area contributed by atoms with E-state index in [-0.39, 0.29) is 0 Å². The van der Waals surface area contributed by atoms with Gasteiger partial charge in [0.1, 0.15) is 0 Å². The van der Waals surface area contributed by atoms with E-state index in [2.05, 4.69) is 216 Å². The number of aryl methyl sites for hydroxylation is 3. The van der Waals surface area contributed by atoms with Crippen LogP contribution in [0.2, 0.25) is 0 Å². The maximum Gasteiger partial charge on any atom is 0.0541 e. The molecule has 57 heavy (non-hydrogen) atoms. The van der Waals surface area contributed by atoms with Crippen LogP contribution in [-0.4, -0.2) is 13.7 Å². The van der Waals surface area contributed by atoms with Gasteiger partial charge >= 0.3 is 0 Å². The van der Waals surface area contributed by atoms with Crippen LogP contribution in [0, 0.1) is 13.8 Å². The van der Waals surface area contributed by atoms with Crippen molar-refractivity contribution in [2.24, 2.45) is 0 Å². The van der Waals surface area contributed by atoms with Crippen molar-refractivity contribution in [3.8, 4) is 50.7 Å². The van der Waals surface area contributed by atoms with Gasteiger partial charge < -0.3 is 13.7 Å². The number of allylic oxidation sites excluding steroid dienone is 1. The molecule has 272 valence electrons. The van der Waals surface area contributed by atoms with Crippen LogP contribution in [0.15, 0.2) is 182 Å². The average molecular weight is 732 g/mol. The van der Waals surface area contributed by atoms with Crippen molar-refractivity contribution >= 4 is 38.8 Å². The molecule has 0 aliphatic heterocycles. The molecule has 3 aromatic heterocycles. The third kappa shape index (κ3) is 5.50. The number of hydrogen-bond acceptors (Lipinski definition) is 0. The SMILES string of the molecule is Cc1ccc(-c2ccc(-c3ccc(C)cc3)n2-c2cccc(-c3cc(-n4c5c(c6ccccc64)CCC=C5)cc(-n4c5ccccc5c5ccccc54)c3)c2)cc1. The van der Waals surface area contributed by atoms with Gasteiger partial charge in [0, 0.05) is 38.9 Å². The number of para-hydroxylation sites is 3. The molecule has 1 aliphatic rings. The molecule has 0 bridgehead atoms. The van der Waals surface area contributed by atoms with E-state index in [1.54, 1.807) is 0 Å². The molecule has 0 saturated carbocycles. The van der Waals surface area contributed by atoms with Crippen LogP contribution in [0.4, 0.5) is 0 Å². The van der Waals surface area contributed by atoms with Crippen LogP contribution in [0.1, 0.15) is 28.8 Å². The van der Waals surface area contributed by atoms with E-state index < -0.39 is 0 Å². The Morgan fingerprint density at radius 1 is 0.386 bits per heavy atom. The standard InChI is InChI=1S/C54H41N3/c1-36-22-26-38(27-23-36)49-30-31-50(39-28-24-37(2)25-29-39)55(49)42-13-11-12-40(32-42)41-33-43(56-51-18-7-3-14-45(51)46-15-4-8-19-52(46)56)35-44(34-41)57-53-20-9-5-16-47(53)48-17-6-10-21-54(48)57/h3-5,7-16,18-35H,6,17H2,1-2H3. The van der Waals surface area contributed by atoms with Gasteiger partial charge in [-0.15, -0.1) is 0 Å². The first kappa shape index (κ1) is 33.3. The van der Waals surface area contributed by atoms with Gasteiger partial charge in [0.05, 0.1) is 27.9 Å². The molecular formula is C54H41N3. The van der Waals surface area contributed by atoms with Crippen molar-refractivity contribution in [1.82, 2.24) is 13.7 Å². The molecule has 0 fully saturated rings. The normalized spacial score (nSPS) is 12.5. The van der Waals surface area contributed by atoms with Crippen molar-refractivity contribution in [3.63, 3.8) is 0 Å². The van der Waals surface area contributed by atoms with Crippen LogP contribution >= 0.6 is 0 Å². The van der Waals surface area contributed by atoms with E-state index in [4.69, 9.17) is 0 Å². The van der Waals surface area contributed by atoms with Gasteiger partial charge in [-0.3, -0.25) is 0 Å². The highest BCUT2D eigenvalue weighted by atomic mass is 15.0. The third-order valence-corrected chi connectivity index (χ3v) is 11.9. The Balaban J connectivity index is 1.17. The zero-order valence-corrected chi connectivity index (χ0v) is 32.2. The highest BCUT2D eigenvalue weighted by molar-refractivity contribution is 6.09. The van der Waals surface area contributed by atoms with Crippen molar-refractivity contribution in [2.75, 3.05) is 0 Å². The summed E-state index contributed by atoms with van der Waals surface area (Å²) < 4.78 is 7.37. The minimum Gasteiger partial charge on any atom is -0.309 e. The zero-order valence-electron chi connectivity index (χ0n) is 32.2. The maximum absolute atomic E-state index is 2.49. The fourth-order valence-corrected chi connectivity index (χ4v) is 9.12. The fourth-order valence-electron chi connectivity index (χ4n) is 9.12. The van der Waals surface area contributed by atoms with Gasteiger partial charge in [0.25, 0.3) is 0 Å². The minimum atomic E-state index is 1.05. The van der Waals surface area contributed by atoms with Crippen LogP contribution < -0.4 is 0 Å². The molecule has 3 heterocycles.